The van der Waals surface area contributed by atoms with Gasteiger partial charge in [0.05, 0.1) is 4.75 Å². The molecule has 0 radical (unpaired) electrons. The molecule has 4 aromatic rings. The largest absolute Gasteiger partial charge is 0.141 e. The first-order chi connectivity index (χ1) is 15.3. The second-order valence-corrected chi connectivity index (χ2v) is 9.46. The van der Waals surface area contributed by atoms with Crippen LogP contribution in [0.25, 0.3) is 0 Å². The third-order valence-corrected chi connectivity index (χ3v) is 7.48. The van der Waals surface area contributed by atoms with Gasteiger partial charge in [0, 0.05) is 5.02 Å². The minimum absolute atomic E-state index is 0.222. The van der Waals surface area contributed by atoms with Gasteiger partial charge in [0.25, 0.3) is 0 Å². The number of unbranched alkanes of at least 4 members (excludes halogenated alkanes) is 1. The van der Waals surface area contributed by atoms with Gasteiger partial charge in [-0.2, -0.15) is 0 Å². The SMILES string of the molecule is Clc1cccc(CCCCSC(c2ccccc2)(c2ccccc2)c2ccccc2)c1. The van der Waals surface area contributed by atoms with Crippen LogP contribution in [0.5, 0.6) is 0 Å². The van der Waals surface area contributed by atoms with E-state index in [-0.39, 0.29) is 4.75 Å². The summed E-state index contributed by atoms with van der Waals surface area (Å²) in [7, 11) is 0. The number of rotatable bonds is 9. The molecule has 0 amide bonds. The molecule has 0 aliphatic rings. The fourth-order valence-electron chi connectivity index (χ4n) is 4.12. The molecule has 2 heteroatoms. The molecule has 0 saturated carbocycles. The highest BCUT2D eigenvalue weighted by Crippen LogP contribution is 2.48. The monoisotopic (exact) mass is 442 g/mol. The van der Waals surface area contributed by atoms with Crippen LogP contribution in [0, 0.1) is 0 Å². The first-order valence-electron chi connectivity index (χ1n) is 10.8. The van der Waals surface area contributed by atoms with Gasteiger partial charge in [-0.25, -0.2) is 0 Å². The molecule has 0 N–H and O–H groups in total. The minimum atomic E-state index is -0.222. The molecule has 0 spiro atoms. The standard InChI is InChI=1S/C29H27ClS/c30-28-21-12-14-24(23-28)13-10-11-22-31-29(25-15-4-1-5-16-25,26-17-6-2-7-18-26)27-19-8-3-9-20-27/h1-9,12,14-21,23H,10-11,13,22H2. The summed E-state index contributed by atoms with van der Waals surface area (Å²) in [5, 5.41) is 0.822. The second kappa shape index (κ2) is 10.7. The maximum absolute atomic E-state index is 6.14. The quantitative estimate of drug-likeness (QED) is 0.185. The lowest BCUT2D eigenvalue weighted by atomic mass is 9.84. The Balaban J connectivity index is 1.59. The molecular weight excluding hydrogens is 416 g/mol. The lowest BCUT2D eigenvalue weighted by Gasteiger charge is -2.35. The summed E-state index contributed by atoms with van der Waals surface area (Å²) < 4.78 is -0.222. The van der Waals surface area contributed by atoms with Crippen molar-refractivity contribution in [3.63, 3.8) is 0 Å². The molecule has 0 heterocycles. The summed E-state index contributed by atoms with van der Waals surface area (Å²) in [6.45, 7) is 0. The molecule has 0 fully saturated rings. The predicted octanol–water partition coefficient (Wildman–Crippen LogP) is 8.39. The van der Waals surface area contributed by atoms with Crippen molar-refractivity contribution in [1.82, 2.24) is 0 Å². The molecule has 0 nitrogen and oxygen atoms in total. The van der Waals surface area contributed by atoms with Gasteiger partial charge in [0.2, 0.25) is 0 Å². The van der Waals surface area contributed by atoms with Gasteiger partial charge in [-0.3, -0.25) is 0 Å². The number of thioether (sulfide) groups is 1. The second-order valence-electron chi connectivity index (χ2n) is 7.71. The van der Waals surface area contributed by atoms with Crippen LogP contribution >= 0.6 is 23.4 Å². The lowest BCUT2D eigenvalue weighted by molar-refractivity contribution is 0.795. The van der Waals surface area contributed by atoms with Crippen LogP contribution in [-0.2, 0) is 11.2 Å². The third-order valence-electron chi connectivity index (χ3n) is 5.61. The Hall–Kier alpha value is -2.48. The van der Waals surface area contributed by atoms with Crippen LogP contribution in [0.15, 0.2) is 115 Å². The van der Waals surface area contributed by atoms with Crippen molar-refractivity contribution < 1.29 is 0 Å². The van der Waals surface area contributed by atoms with Crippen molar-refractivity contribution in [2.45, 2.75) is 24.0 Å². The van der Waals surface area contributed by atoms with E-state index in [4.69, 9.17) is 11.6 Å². The molecular formula is C29H27ClS. The van der Waals surface area contributed by atoms with Gasteiger partial charge >= 0.3 is 0 Å². The number of hydrogen-bond donors (Lipinski definition) is 0. The summed E-state index contributed by atoms with van der Waals surface area (Å²) >= 11 is 8.18. The van der Waals surface area contributed by atoms with Crippen LogP contribution in [0.4, 0.5) is 0 Å². The zero-order chi connectivity index (χ0) is 21.4. The van der Waals surface area contributed by atoms with E-state index in [1.54, 1.807) is 0 Å². The number of aryl methyl sites for hydroxylation is 1. The highest BCUT2D eigenvalue weighted by atomic mass is 35.5. The Kier molecular flexibility index (Phi) is 7.51. The van der Waals surface area contributed by atoms with Crippen molar-refractivity contribution in [2.75, 3.05) is 5.75 Å². The summed E-state index contributed by atoms with van der Waals surface area (Å²) in [5.74, 6) is 1.08. The zero-order valence-corrected chi connectivity index (χ0v) is 19.2. The van der Waals surface area contributed by atoms with E-state index >= 15 is 0 Å². The Morgan fingerprint density at radius 3 is 1.58 bits per heavy atom. The minimum Gasteiger partial charge on any atom is -0.141 e. The summed E-state index contributed by atoms with van der Waals surface area (Å²) in [5.41, 5.74) is 5.30. The highest BCUT2D eigenvalue weighted by molar-refractivity contribution is 8.00. The van der Waals surface area contributed by atoms with Crippen LogP contribution in [0.3, 0.4) is 0 Å². The summed E-state index contributed by atoms with van der Waals surface area (Å²) in [4.78, 5) is 0. The summed E-state index contributed by atoms with van der Waals surface area (Å²) in [6, 6.07) is 41.0. The average Bonchev–Trinajstić information content (AvgIpc) is 2.83. The van der Waals surface area contributed by atoms with Crippen molar-refractivity contribution in [2.24, 2.45) is 0 Å². The van der Waals surface area contributed by atoms with E-state index in [0.29, 0.717) is 0 Å². The molecule has 156 valence electrons. The molecule has 0 atom stereocenters. The van der Waals surface area contributed by atoms with Crippen molar-refractivity contribution in [1.29, 1.82) is 0 Å². The molecule has 31 heavy (non-hydrogen) atoms. The van der Waals surface area contributed by atoms with Gasteiger partial charge in [-0.15, -0.1) is 11.8 Å². The van der Waals surface area contributed by atoms with Crippen LogP contribution in [0.1, 0.15) is 35.1 Å². The van der Waals surface area contributed by atoms with E-state index in [9.17, 15) is 0 Å². The van der Waals surface area contributed by atoms with E-state index in [1.807, 2.05) is 23.9 Å². The topological polar surface area (TPSA) is 0 Å². The van der Waals surface area contributed by atoms with Crippen LogP contribution in [-0.4, -0.2) is 5.75 Å². The normalized spacial score (nSPS) is 11.4. The van der Waals surface area contributed by atoms with Crippen molar-refractivity contribution in [3.05, 3.63) is 143 Å². The molecule has 0 aromatic heterocycles. The zero-order valence-electron chi connectivity index (χ0n) is 17.6. The van der Waals surface area contributed by atoms with Crippen LogP contribution in [0.2, 0.25) is 5.02 Å². The Morgan fingerprint density at radius 2 is 1.10 bits per heavy atom. The number of halogens is 1. The third kappa shape index (κ3) is 5.23. The Labute approximate surface area is 195 Å². The van der Waals surface area contributed by atoms with Crippen molar-refractivity contribution in [3.8, 4) is 0 Å². The molecule has 0 saturated heterocycles. The molecule has 0 aliphatic carbocycles. The Bertz CT molecular complexity index is 965. The highest BCUT2D eigenvalue weighted by Gasteiger charge is 2.36. The van der Waals surface area contributed by atoms with Gasteiger partial charge < -0.3 is 0 Å². The molecule has 0 aliphatic heterocycles. The smallest absolute Gasteiger partial charge is 0.0906 e. The molecule has 0 bridgehead atoms. The molecule has 4 aromatic carbocycles. The maximum Gasteiger partial charge on any atom is 0.0906 e. The average molecular weight is 443 g/mol. The maximum atomic E-state index is 6.14. The lowest BCUT2D eigenvalue weighted by Crippen LogP contribution is -2.26. The van der Waals surface area contributed by atoms with E-state index < -0.39 is 0 Å². The fraction of sp³-hybridized carbons (Fsp3) is 0.172. The van der Waals surface area contributed by atoms with E-state index in [0.717, 1.165) is 30.0 Å². The van der Waals surface area contributed by atoms with Gasteiger partial charge in [-0.05, 0) is 59.4 Å². The van der Waals surface area contributed by atoms with Gasteiger partial charge in [0.15, 0.2) is 0 Å². The summed E-state index contributed by atoms with van der Waals surface area (Å²) in [6.07, 6.45) is 3.38. The van der Waals surface area contributed by atoms with Crippen LogP contribution < -0.4 is 0 Å². The first kappa shape index (κ1) is 21.7. The number of benzene rings is 4. The first-order valence-corrected chi connectivity index (χ1v) is 12.2. The fourth-order valence-corrected chi connectivity index (χ4v) is 5.89. The van der Waals surface area contributed by atoms with Crippen molar-refractivity contribution >= 4 is 23.4 Å². The van der Waals surface area contributed by atoms with E-state index in [1.165, 1.54) is 22.3 Å². The molecule has 0 unspecified atom stereocenters. The Morgan fingerprint density at radius 1 is 0.581 bits per heavy atom. The molecule has 4 rings (SSSR count). The predicted molar refractivity (Wildman–Crippen MR) is 136 cm³/mol. The number of hydrogen-bond acceptors (Lipinski definition) is 1. The van der Waals surface area contributed by atoms with E-state index in [2.05, 4.69) is 103 Å². The van der Waals surface area contributed by atoms with Gasteiger partial charge in [0.1, 0.15) is 0 Å². The van der Waals surface area contributed by atoms with Gasteiger partial charge in [-0.1, -0.05) is 115 Å².